The summed E-state index contributed by atoms with van der Waals surface area (Å²) in [5.74, 6) is 0.817. The molecule has 10 heteroatoms. The average molecular weight is 404 g/mol. The fourth-order valence-corrected chi connectivity index (χ4v) is 3.42. The highest BCUT2D eigenvalue weighted by Gasteiger charge is 2.18. The number of amides is 1. The van der Waals surface area contributed by atoms with Gasteiger partial charge in [0.1, 0.15) is 0 Å². The van der Waals surface area contributed by atoms with E-state index in [0.29, 0.717) is 31.5 Å². The zero-order valence-electron chi connectivity index (χ0n) is 16.4. The first-order chi connectivity index (χ1) is 13.5. The number of hydrogen-bond donors (Lipinski definition) is 1. The lowest BCUT2D eigenvalue weighted by atomic mass is 10.3. The molecule has 0 bridgehead atoms. The van der Waals surface area contributed by atoms with Gasteiger partial charge in [0, 0.05) is 20.7 Å². The van der Waals surface area contributed by atoms with Crippen LogP contribution in [-0.2, 0) is 23.1 Å². The fraction of sp³-hybridized carbons (Fsp3) is 0.444. The smallest absolute Gasteiger partial charge is 0.257 e. The van der Waals surface area contributed by atoms with Crippen LogP contribution in [-0.4, -0.2) is 57.6 Å². The highest BCUT2D eigenvalue weighted by Crippen LogP contribution is 2.23. The SMILES string of the molecule is COCCN(CC(=O)Nc1c(C)nn(C)c1C)Cc1nnc(-c2cccs2)o1. The number of methoxy groups -OCH3 is 1. The Morgan fingerprint density at radius 1 is 1.39 bits per heavy atom. The van der Waals surface area contributed by atoms with Crippen LogP contribution in [0.3, 0.4) is 0 Å². The maximum absolute atomic E-state index is 12.6. The summed E-state index contributed by atoms with van der Waals surface area (Å²) in [6, 6.07) is 3.86. The van der Waals surface area contributed by atoms with E-state index in [1.165, 1.54) is 11.3 Å². The predicted molar refractivity (Wildman–Crippen MR) is 106 cm³/mol. The molecular formula is C18H24N6O3S. The Bertz CT molecular complexity index is 918. The van der Waals surface area contributed by atoms with Gasteiger partial charge in [-0.2, -0.15) is 5.10 Å². The van der Waals surface area contributed by atoms with Crippen LogP contribution in [0.2, 0.25) is 0 Å². The maximum atomic E-state index is 12.6. The fourth-order valence-electron chi connectivity index (χ4n) is 2.78. The van der Waals surface area contributed by atoms with Crippen LogP contribution in [0.15, 0.2) is 21.9 Å². The molecule has 3 rings (SSSR count). The van der Waals surface area contributed by atoms with Crippen LogP contribution in [0.1, 0.15) is 17.3 Å². The number of ether oxygens (including phenoxy) is 1. The number of hydrogen-bond acceptors (Lipinski definition) is 8. The summed E-state index contributed by atoms with van der Waals surface area (Å²) >= 11 is 1.54. The summed E-state index contributed by atoms with van der Waals surface area (Å²) in [6.45, 7) is 5.38. The number of rotatable bonds is 9. The molecule has 3 heterocycles. The van der Waals surface area contributed by atoms with Crippen molar-refractivity contribution in [1.29, 1.82) is 0 Å². The molecule has 0 atom stereocenters. The third-order valence-corrected chi connectivity index (χ3v) is 5.17. The second-order valence-corrected chi connectivity index (χ2v) is 7.35. The van der Waals surface area contributed by atoms with E-state index in [4.69, 9.17) is 9.15 Å². The number of aromatic nitrogens is 4. The summed E-state index contributed by atoms with van der Waals surface area (Å²) in [4.78, 5) is 15.4. The Balaban J connectivity index is 1.65. The van der Waals surface area contributed by atoms with Crippen molar-refractivity contribution in [3.8, 4) is 10.8 Å². The number of anilines is 1. The van der Waals surface area contributed by atoms with E-state index in [1.54, 1.807) is 11.8 Å². The van der Waals surface area contributed by atoms with Crippen molar-refractivity contribution < 1.29 is 13.9 Å². The maximum Gasteiger partial charge on any atom is 0.257 e. The number of nitrogens with one attached hydrogen (secondary N) is 1. The third kappa shape index (κ3) is 4.83. The van der Waals surface area contributed by atoms with Crippen LogP contribution in [0.5, 0.6) is 0 Å². The number of nitrogens with zero attached hydrogens (tertiary/aromatic N) is 5. The van der Waals surface area contributed by atoms with E-state index in [9.17, 15) is 4.79 Å². The van der Waals surface area contributed by atoms with Crippen LogP contribution in [0.25, 0.3) is 10.8 Å². The summed E-state index contributed by atoms with van der Waals surface area (Å²) in [6.07, 6.45) is 0. The van der Waals surface area contributed by atoms with E-state index in [2.05, 4.69) is 20.6 Å². The van der Waals surface area contributed by atoms with Gasteiger partial charge >= 0.3 is 0 Å². The van der Waals surface area contributed by atoms with Gasteiger partial charge in [-0.15, -0.1) is 21.5 Å². The van der Waals surface area contributed by atoms with Crippen molar-refractivity contribution in [2.75, 3.05) is 32.1 Å². The molecule has 3 aromatic rings. The number of carbonyl (C=O) groups is 1. The molecule has 0 fully saturated rings. The molecule has 0 aromatic carbocycles. The molecule has 150 valence electrons. The van der Waals surface area contributed by atoms with Crippen molar-refractivity contribution in [3.63, 3.8) is 0 Å². The van der Waals surface area contributed by atoms with Crippen molar-refractivity contribution in [1.82, 2.24) is 24.9 Å². The van der Waals surface area contributed by atoms with E-state index in [-0.39, 0.29) is 12.5 Å². The minimum Gasteiger partial charge on any atom is -0.419 e. The summed E-state index contributed by atoms with van der Waals surface area (Å²) in [5.41, 5.74) is 2.44. The van der Waals surface area contributed by atoms with Gasteiger partial charge in [0.2, 0.25) is 11.8 Å². The zero-order chi connectivity index (χ0) is 20.1. The van der Waals surface area contributed by atoms with Crippen LogP contribution < -0.4 is 5.32 Å². The van der Waals surface area contributed by atoms with Crippen LogP contribution in [0, 0.1) is 13.8 Å². The zero-order valence-corrected chi connectivity index (χ0v) is 17.2. The third-order valence-electron chi connectivity index (χ3n) is 4.31. The average Bonchev–Trinajstić information content (AvgIpc) is 3.38. The topological polar surface area (TPSA) is 98.3 Å². The van der Waals surface area contributed by atoms with Crippen LogP contribution >= 0.6 is 11.3 Å². The first-order valence-corrected chi connectivity index (χ1v) is 9.73. The van der Waals surface area contributed by atoms with E-state index < -0.39 is 0 Å². The van der Waals surface area contributed by atoms with Gasteiger partial charge in [-0.1, -0.05) is 6.07 Å². The van der Waals surface area contributed by atoms with Gasteiger partial charge < -0.3 is 14.5 Å². The van der Waals surface area contributed by atoms with Gasteiger partial charge in [-0.3, -0.25) is 14.4 Å². The van der Waals surface area contributed by atoms with Gasteiger partial charge in [0.25, 0.3) is 5.89 Å². The molecule has 0 unspecified atom stereocenters. The molecule has 1 N–H and O–H groups in total. The number of thiophene rings is 1. The van der Waals surface area contributed by atoms with Crippen molar-refractivity contribution in [2.45, 2.75) is 20.4 Å². The molecule has 3 aromatic heterocycles. The Kier molecular flexibility index (Phi) is 6.55. The lowest BCUT2D eigenvalue weighted by Crippen LogP contribution is -2.35. The molecule has 0 aliphatic carbocycles. The van der Waals surface area contributed by atoms with Crippen molar-refractivity contribution >= 4 is 22.9 Å². The van der Waals surface area contributed by atoms with Crippen molar-refractivity contribution in [2.24, 2.45) is 7.05 Å². The first kappa shape index (κ1) is 20.2. The number of aryl methyl sites for hydroxylation is 2. The summed E-state index contributed by atoms with van der Waals surface area (Å²) in [7, 11) is 3.48. The molecule has 9 nitrogen and oxygen atoms in total. The van der Waals surface area contributed by atoms with Crippen LogP contribution in [0.4, 0.5) is 5.69 Å². The highest BCUT2D eigenvalue weighted by molar-refractivity contribution is 7.13. The number of carbonyl (C=O) groups excluding carboxylic acids is 1. The summed E-state index contributed by atoms with van der Waals surface area (Å²) < 4.78 is 12.7. The van der Waals surface area contributed by atoms with E-state index >= 15 is 0 Å². The lowest BCUT2D eigenvalue weighted by molar-refractivity contribution is -0.117. The standard InChI is InChI=1S/C18H24N6O3S/c1-12-17(13(2)23(3)22-12)19-15(25)10-24(7-8-26-4)11-16-20-21-18(27-16)14-6-5-9-28-14/h5-6,9H,7-8,10-11H2,1-4H3,(H,19,25). The highest BCUT2D eigenvalue weighted by atomic mass is 32.1. The molecular weight excluding hydrogens is 380 g/mol. The quantitative estimate of drug-likeness (QED) is 0.584. The van der Waals surface area contributed by atoms with Gasteiger partial charge in [-0.05, 0) is 25.3 Å². The molecule has 28 heavy (non-hydrogen) atoms. The van der Waals surface area contributed by atoms with Crippen molar-refractivity contribution in [3.05, 3.63) is 34.8 Å². The largest absolute Gasteiger partial charge is 0.419 e. The molecule has 0 saturated heterocycles. The van der Waals surface area contributed by atoms with E-state index in [0.717, 1.165) is 22.0 Å². The predicted octanol–water partition coefficient (Wildman–Crippen LogP) is 2.24. The monoisotopic (exact) mass is 404 g/mol. The minimum atomic E-state index is -0.131. The molecule has 1 amide bonds. The Morgan fingerprint density at radius 2 is 2.21 bits per heavy atom. The second-order valence-electron chi connectivity index (χ2n) is 6.40. The Labute approximate surface area is 167 Å². The molecule has 0 saturated carbocycles. The van der Waals surface area contributed by atoms with Gasteiger partial charge in [0.05, 0.1) is 41.6 Å². The molecule has 0 aliphatic heterocycles. The molecule has 0 aliphatic rings. The van der Waals surface area contributed by atoms with E-state index in [1.807, 2.05) is 43.3 Å². The first-order valence-electron chi connectivity index (χ1n) is 8.85. The normalized spacial score (nSPS) is 11.3. The second kappa shape index (κ2) is 9.09. The Morgan fingerprint density at radius 3 is 2.86 bits per heavy atom. The molecule has 0 radical (unpaired) electrons. The lowest BCUT2D eigenvalue weighted by Gasteiger charge is -2.19. The Hall–Kier alpha value is -2.56. The van der Waals surface area contributed by atoms with Gasteiger partial charge in [0.15, 0.2) is 0 Å². The minimum absolute atomic E-state index is 0.131. The molecule has 0 spiro atoms. The summed E-state index contributed by atoms with van der Waals surface area (Å²) in [5, 5.41) is 17.4. The van der Waals surface area contributed by atoms with Gasteiger partial charge in [-0.25, -0.2) is 0 Å².